The molecule has 0 spiro atoms. The summed E-state index contributed by atoms with van der Waals surface area (Å²) in [6, 6.07) is 1.09. The summed E-state index contributed by atoms with van der Waals surface area (Å²) in [4.78, 5) is 3.64. The van der Waals surface area contributed by atoms with Crippen LogP contribution in [0.4, 0.5) is 10.1 Å². The molecule has 0 aromatic carbocycles. The molecule has 0 aliphatic heterocycles. The first-order valence-corrected chi connectivity index (χ1v) is 3.22. The molecule has 0 radical (unpaired) electrons. The van der Waals surface area contributed by atoms with Gasteiger partial charge in [0.25, 0.3) is 0 Å². The minimum Gasteiger partial charge on any atom is -0.273 e. The molecule has 3 nitrogen and oxygen atoms in total. The molecule has 1 N–H and O–H groups in total. The van der Waals surface area contributed by atoms with E-state index < -0.39 is 5.82 Å². The van der Waals surface area contributed by atoms with Crippen LogP contribution in [0.15, 0.2) is 12.3 Å². The van der Waals surface area contributed by atoms with Crippen molar-refractivity contribution >= 4 is 17.5 Å². The van der Waals surface area contributed by atoms with Crippen molar-refractivity contribution in [1.82, 2.24) is 4.98 Å². The van der Waals surface area contributed by atoms with Gasteiger partial charge in [-0.2, -0.15) is 4.58 Å². The number of halogens is 2. The highest BCUT2D eigenvalue weighted by Gasteiger charge is 2.05. The van der Waals surface area contributed by atoms with E-state index in [2.05, 4.69) is 4.98 Å². The van der Waals surface area contributed by atoms with Crippen LogP contribution in [0.5, 0.6) is 0 Å². The van der Waals surface area contributed by atoms with E-state index in [4.69, 9.17) is 17.0 Å². The van der Waals surface area contributed by atoms with Crippen molar-refractivity contribution in [2.45, 2.75) is 6.92 Å². The molecule has 1 aromatic heterocycles. The summed E-state index contributed by atoms with van der Waals surface area (Å²) in [5.41, 5.74) is 0.607. The molecule has 1 aromatic rings. The van der Waals surface area contributed by atoms with E-state index in [-0.39, 0.29) is 5.69 Å². The summed E-state index contributed by atoms with van der Waals surface area (Å²) in [5, 5.41) is 8.72. The summed E-state index contributed by atoms with van der Waals surface area (Å²) in [5.74, 6) is -0.537. The third-order valence-electron chi connectivity index (χ3n) is 1.23. The molecule has 0 atom stereocenters. The Morgan fingerprint density at radius 1 is 1.73 bits per heavy atom. The lowest BCUT2D eigenvalue weighted by molar-refractivity contribution is 0.324. The van der Waals surface area contributed by atoms with E-state index in [0.29, 0.717) is 10.3 Å². The molecule has 0 aliphatic rings. The Kier molecular flexibility index (Phi) is 2.26. The zero-order valence-corrected chi connectivity index (χ0v) is 6.51. The van der Waals surface area contributed by atoms with Crippen LogP contribution in [0.1, 0.15) is 5.69 Å². The van der Waals surface area contributed by atoms with E-state index in [1.807, 2.05) is 0 Å². The Labute approximate surface area is 68.1 Å². The SMILES string of the molecule is Cc1ncc(F)cc1N(O)Cl. The number of hydrogen-bond acceptors (Lipinski definition) is 3. The molecule has 5 heteroatoms. The zero-order valence-electron chi connectivity index (χ0n) is 5.75. The lowest BCUT2D eigenvalue weighted by atomic mass is 10.3. The molecular weight excluding hydrogens is 171 g/mol. The molecule has 0 saturated heterocycles. The Morgan fingerprint density at radius 2 is 2.36 bits per heavy atom. The van der Waals surface area contributed by atoms with Gasteiger partial charge in [0.2, 0.25) is 0 Å². The van der Waals surface area contributed by atoms with Crippen LogP contribution in [0.2, 0.25) is 0 Å². The fraction of sp³-hybridized carbons (Fsp3) is 0.167. The maximum Gasteiger partial charge on any atom is 0.143 e. The number of hydrogen-bond donors (Lipinski definition) is 1. The number of aromatic nitrogens is 1. The summed E-state index contributed by atoms with van der Waals surface area (Å²) < 4.78 is 12.8. The first kappa shape index (κ1) is 8.23. The molecule has 0 unspecified atom stereocenters. The predicted molar refractivity (Wildman–Crippen MR) is 39.1 cm³/mol. The van der Waals surface area contributed by atoms with Crippen molar-refractivity contribution in [2.24, 2.45) is 0 Å². The molecule has 0 bridgehead atoms. The van der Waals surface area contributed by atoms with Crippen LogP contribution in [0, 0.1) is 12.7 Å². The normalized spacial score (nSPS) is 9.82. The van der Waals surface area contributed by atoms with Crippen LogP contribution < -0.4 is 4.58 Å². The Bertz CT molecular complexity index is 267. The van der Waals surface area contributed by atoms with E-state index >= 15 is 0 Å². The van der Waals surface area contributed by atoms with E-state index in [0.717, 1.165) is 12.3 Å². The molecule has 0 fully saturated rings. The molecule has 0 aliphatic carbocycles. The molecule has 1 rings (SSSR count). The monoisotopic (exact) mass is 176 g/mol. The van der Waals surface area contributed by atoms with Crippen molar-refractivity contribution in [3.63, 3.8) is 0 Å². The fourth-order valence-corrected chi connectivity index (χ4v) is 0.855. The largest absolute Gasteiger partial charge is 0.273 e. The van der Waals surface area contributed by atoms with Crippen LogP contribution in [0.25, 0.3) is 0 Å². The minimum atomic E-state index is -0.537. The van der Waals surface area contributed by atoms with Crippen molar-refractivity contribution in [2.75, 3.05) is 4.58 Å². The Balaban J connectivity index is 3.13. The smallest absolute Gasteiger partial charge is 0.143 e. The third kappa shape index (κ3) is 1.78. The van der Waals surface area contributed by atoms with Crippen molar-refractivity contribution in [1.29, 1.82) is 0 Å². The number of anilines is 1. The van der Waals surface area contributed by atoms with E-state index in [9.17, 15) is 4.39 Å². The summed E-state index contributed by atoms with van der Waals surface area (Å²) >= 11 is 5.16. The highest BCUT2D eigenvalue weighted by Crippen LogP contribution is 2.18. The average molecular weight is 177 g/mol. The maximum absolute atomic E-state index is 12.4. The number of pyridine rings is 1. The maximum atomic E-state index is 12.4. The summed E-state index contributed by atoms with van der Waals surface area (Å²) in [7, 11) is 0. The van der Waals surface area contributed by atoms with E-state index in [1.54, 1.807) is 6.92 Å². The summed E-state index contributed by atoms with van der Waals surface area (Å²) in [6.07, 6.45) is 1.05. The first-order chi connectivity index (χ1) is 5.11. The summed E-state index contributed by atoms with van der Waals surface area (Å²) in [6.45, 7) is 1.61. The number of aryl methyl sites for hydroxylation is 1. The lowest BCUT2D eigenvalue weighted by Gasteiger charge is -2.08. The Hall–Kier alpha value is -0.870. The van der Waals surface area contributed by atoms with Gasteiger partial charge in [0.15, 0.2) is 0 Å². The van der Waals surface area contributed by atoms with Gasteiger partial charge in [0, 0.05) is 17.8 Å². The van der Waals surface area contributed by atoms with Crippen LogP contribution in [0.3, 0.4) is 0 Å². The van der Waals surface area contributed by atoms with Crippen molar-refractivity contribution in [3.05, 3.63) is 23.8 Å². The lowest BCUT2D eigenvalue weighted by Crippen LogP contribution is -2.05. The van der Waals surface area contributed by atoms with Gasteiger partial charge < -0.3 is 0 Å². The molecule has 0 saturated carbocycles. The van der Waals surface area contributed by atoms with Gasteiger partial charge in [-0.25, -0.2) is 4.39 Å². The van der Waals surface area contributed by atoms with Crippen LogP contribution >= 0.6 is 11.8 Å². The molecule has 1 heterocycles. The average Bonchev–Trinajstić information content (AvgIpc) is 1.94. The van der Waals surface area contributed by atoms with Crippen molar-refractivity contribution < 1.29 is 9.60 Å². The molecule has 11 heavy (non-hydrogen) atoms. The van der Waals surface area contributed by atoms with E-state index in [1.165, 1.54) is 0 Å². The van der Waals surface area contributed by atoms with Gasteiger partial charge in [-0.15, -0.1) is 0 Å². The van der Waals surface area contributed by atoms with Gasteiger partial charge in [0.1, 0.15) is 11.5 Å². The van der Waals surface area contributed by atoms with Gasteiger partial charge in [-0.3, -0.25) is 10.2 Å². The fourth-order valence-electron chi connectivity index (χ4n) is 0.684. The third-order valence-corrected chi connectivity index (χ3v) is 1.41. The van der Waals surface area contributed by atoms with Crippen LogP contribution in [-0.2, 0) is 0 Å². The van der Waals surface area contributed by atoms with Gasteiger partial charge in [0.05, 0.1) is 11.9 Å². The number of rotatable bonds is 1. The quantitative estimate of drug-likeness (QED) is 0.524. The topological polar surface area (TPSA) is 36.4 Å². The highest BCUT2D eigenvalue weighted by atomic mass is 35.5. The predicted octanol–water partition coefficient (Wildman–Crippen LogP) is 1.88. The molecule has 0 amide bonds. The minimum absolute atomic E-state index is 0.145. The highest BCUT2D eigenvalue weighted by molar-refractivity contribution is 6.24. The molecule has 60 valence electrons. The number of nitrogens with zero attached hydrogens (tertiary/aromatic N) is 2. The van der Waals surface area contributed by atoms with Gasteiger partial charge in [-0.05, 0) is 6.92 Å². The standard InChI is InChI=1S/C6H6ClFN2O/c1-4-6(10(7)11)2-5(8)3-9-4/h2-3,11H,1H3. The Morgan fingerprint density at radius 3 is 2.82 bits per heavy atom. The van der Waals surface area contributed by atoms with Crippen LogP contribution in [-0.4, -0.2) is 10.2 Å². The first-order valence-electron chi connectivity index (χ1n) is 2.88. The second-order valence-corrected chi connectivity index (χ2v) is 2.34. The van der Waals surface area contributed by atoms with Gasteiger partial charge in [-0.1, -0.05) is 0 Å². The van der Waals surface area contributed by atoms with Crippen molar-refractivity contribution in [3.8, 4) is 0 Å². The second kappa shape index (κ2) is 3.02. The second-order valence-electron chi connectivity index (χ2n) is 2.02. The molecular formula is C6H6ClFN2O. The zero-order chi connectivity index (χ0) is 8.43. The van der Waals surface area contributed by atoms with Gasteiger partial charge >= 0.3 is 0 Å².